The van der Waals surface area contributed by atoms with Crippen molar-refractivity contribution in [3.05, 3.63) is 28.2 Å². The van der Waals surface area contributed by atoms with Gasteiger partial charge < -0.3 is 9.84 Å². The number of carbonyl (C=O) groups is 1. The number of carboxylic acid groups (broad SMARTS) is 1. The second-order valence-corrected chi connectivity index (χ2v) is 8.44. The average molecular weight is 365 g/mol. The molecule has 0 amide bonds. The van der Waals surface area contributed by atoms with Gasteiger partial charge in [-0.2, -0.15) is 0 Å². The van der Waals surface area contributed by atoms with Crippen LogP contribution in [0.5, 0.6) is 5.75 Å². The van der Waals surface area contributed by atoms with Crippen molar-refractivity contribution in [3.8, 4) is 5.75 Å². The lowest BCUT2D eigenvalue weighted by Crippen LogP contribution is -2.48. The Kier molecular flexibility index (Phi) is 3.48. The third-order valence-electron chi connectivity index (χ3n) is 5.90. The van der Waals surface area contributed by atoms with Crippen LogP contribution in [0.3, 0.4) is 0 Å². The van der Waals surface area contributed by atoms with Gasteiger partial charge in [-0.1, -0.05) is 15.9 Å². The van der Waals surface area contributed by atoms with Crippen LogP contribution in [-0.4, -0.2) is 17.7 Å². The minimum atomic E-state index is -0.917. The molecule has 3 nitrogen and oxygen atoms in total. The molecule has 0 aliphatic heterocycles. The fraction of sp³-hybridized carbons (Fsp3) is 0.611. The van der Waals surface area contributed by atoms with Gasteiger partial charge in [0.2, 0.25) is 0 Å². The first-order valence-corrected chi connectivity index (χ1v) is 8.98. The van der Waals surface area contributed by atoms with E-state index in [1.165, 1.54) is 44.1 Å². The quantitative estimate of drug-likeness (QED) is 0.861. The number of ether oxygens (including phenoxy) is 1. The molecule has 1 aromatic carbocycles. The zero-order valence-electron chi connectivity index (χ0n) is 12.6. The molecule has 1 N–H and O–H groups in total. The van der Waals surface area contributed by atoms with Crippen LogP contribution in [-0.2, 0) is 10.2 Å². The Labute approximate surface area is 139 Å². The van der Waals surface area contributed by atoms with Gasteiger partial charge in [0.25, 0.3) is 0 Å². The second-order valence-electron chi connectivity index (χ2n) is 7.52. The highest BCUT2D eigenvalue weighted by Gasteiger charge is 2.52. The van der Waals surface area contributed by atoms with E-state index in [4.69, 9.17) is 9.84 Å². The molecule has 4 saturated carbocycles. The van der Waals surface area contributed by atoms with Gasteiger partial charge in [-0.3, -0.25) is 0 Å². The third kappa shape index (κ3) is 2.45. The van der Waals surface area contributed by atoms with Gasteiger partial charge in [-0.15, -0.1) is 0 Å². The van der Waals surface area contributed by atoms with Crippen LogP contribution in [0.2, 0.25) is 0 Å². The van der Waals surface area contributed by atoms with E-state index in [9.17, 15) is 4.79 Å². The largest absolute Gasteiger partial charge is 0.482 e. The Morgan fingerprint density at radius 2 is 1.77 bits per heavy atom. The van der Waals surface area contributed by atoms with Gasteiger partial charge in [-0.25, -0.2) is 4.79 Å². The second kappa shape index (κ2) is 5.26. The first kappa shape index (κ1) is 14.6. The van der Waals surface area contributed by atoms with Crippen molar-refractivity contribution in [1.82, 2.24) is 0 Å². The predicted octanol–water partition coefficient (Wildman–Crippen LogP) is 4.38. The summed E-state index contributed by atoms with van der Waals surface area (Å²) in [6.45, 7) is -0.263. The zero-order valence-corrected chi connectivity index (χ0v) is 14.1. The van der Waals surface area contributed by atoms with Gasteiger partial charge in [-0.05, 0) is 79.9 Å². The number of aliphatic carboxylic acids is 1. The summed E-state index contributed by atoms with van der Waals surface area (Å²) in [5, 5.41) is 8.92. The molecule has 0 atom stereocenters. The Bertz CT molecular complexity index is 575. The normalized spacial score (nSPS) is 35.6. The van der Waals surface area contributed by atoms with Gasteiger partial charge in [0, 0.05) is 10.0 Å². The molecule has 22 heavy (non-hydrogen) atoms. The molecule has 1 aromatic rings. The minimum absolute atomic E-state index is 0.215. The van der Waals surface area contributed by atoms with Crippen molar-refractivity contribution in [1.29, 1.82) is 0 Å². The summed E-state index contributed by atoms with van der Waals surface area (Å²) in [5.41, 5.74) is 1.45. The summed E-state index contributed by atoms with van der Waals surface area (Å²) in [4.78, 5) is 10.9. The Hall–Kier alpha value is -1.03. The zero-order chi connectivity index (χ0) is 15.3. The number of carboxylic acids is 1. The van der Waals surface area contributed by atoms with Crippen LogP contribution in [0.25, 0.3) is 0 Å². The van der Waals surface area contributed by atoms with Gasteiger partial charge >= 0.3 is 5.97 Å². The van der Waals surface area contributed by atoms with Crippen molar-refractivity contribution >= 4 is 21.9 Å². The van der Waals surface area contributed by atoms with Gasteiger partial charge in [0.1, 0.15) is 5.75 Å². The first-order valence-electron chi connectivity index (χ1n) is 8.19. The third-order valence-corrected chi connectivity index (χ3v) is 6.40. The van der Waals surface area contributed by atoms with Crippen molar-refractivity contribution in [3.63, 3.8) is 0 Å². The molecule has 4 heteroatoms. The maximum Gasteiger partial charge on any atom is 0.341 e. The van der Waals surface area contributed by atoms with E-state index in [1.54, 1.807) is 0 Å². The lowest BCUT2D eigenvalue weighted by Gasteiger charge is -2.57. The van der Waals surface area contributed by atoms with E-state index in [1.807, 2.05) is 12.1 Å². The molecule has 5 rings (SSSR count). The highest BCUT2D eigenvalue weighted by molar-refractivity contribution is 9.10. The summed E-state index contributed by atoms with van der Waals surface area (Å²) in [7, 11) is 0. The number of halogens is 1. The Morgan fingerprint density at radius 3 is 2.32 bits per heavy atom. The highest BCUT2D eigenvalue weighted by Crippen LogP contribution is 2.62. The summed E-state index contributed by atoms with van der Waals surface area (Å²) in [6.07, 6.45) is 7.95. The van der Waals surface area contributed by atoms with Gasteiger partial charge in [0.05, 0.1) is 0 Å². The summed E-state index contributed by atoms with van der Waals surface area (Å²) in [6, 6.07) is 6.05. The molecule has 118 valence electrons. The van der Waals surface area contributed by atoms with Crippen molar-refractivity contribution in [2.45, 2.75) is 43.9 Å². The van der Waals surface area contributed by atoms with E-state index in [0.717, 1.165) is 28.0 Å². The van der Waals surface area contributed by atoms with Crippen LogP contribution in [0.1, 0.15) is 44.1 Å². The predicted molar refractivity (Wildman–Crippen MR) is 87.1 cm³/mol. The van der Waals surface area contributed by atoms with Crippen LogP contribution in [0, 0.1) is 17.8 Å². The van der Waals surface area contributed by atoms with Crippen LogP contribution in [0.15, 0.2) is 22.7 Å². The lowest BCUT2D eigenvalue weighted by molar-refractivity contribution is -0.139. The van der Waals surface area contributed by atoms with E-state index in [-0.39, 0.29) is 12.0 Å². The fourth-order valence-corrected chi connectivity index (χ4v) is 5.98. The first-order chi connectivity index (χ1) is 10.5. The van der Waals surface area contributed by atoms with E-state index in [0.29, 0.717) is 0 Å². The smallest absolute Gasteiger partial charge is 0.341 e. The van der Waals surface area contributed by atoms with E-state index < -0.39 is 5.97 Å². The molecule has 0 unspecified atom stereocenters. The van der Waals surface area contributed by atoms with Crippen molar-refractivity contribution < 1.29 is 14.6 Å². The van der Waals surface area contributed by atoms with Crippen molar-refractivity contribution in [2.24, 2.45) is 17.8 Å². The number of benzene rings is 1. The standard InChI is InChI=1S/C18H21BrO3/c19-14-1-2-16(22-10-17(20)21)15(6-14)18-7-11-3-12(8-18)5-13(4-11)9-18/h1-2,6,11-13H,3-5,7-10H2,(H,20,21). The molecule has 4 bridgehead atoms. The number of hydrogen-bond donors (Lipinski definition) is 1. The molecule has 4 aliphatic carbocycles. The van der Waals surface area contributed by atoms with E-state index in [2.05, 4.69) is 22.0 Å². The summed E-state index contributed by atoms with van der Waals surface area (Å²) >= 11 is 3.58. The average Bonchev–Trinajstić information content (AvgIpc) is 2.44. The van der Waals surface area contributed by atoms with Crippen LogP contribution in [0.4, 0.5) is 0 Å². The monoisotopic (exact) mass is 364 g/mol. The topological polar surface area (TPSA) is 46.5 Å². The fourth-order valence-electron chi connectivity index (χ4n) is 5.62. The Morgan fingerprint density at radius 1 is 1.18 bits per heavy atom. The van der Waals surface area contributed by atoms with E-state index >= 15 is 0 Å². The lowest BCUT2D eigenvalue weighted by atomic mass is 9.48. The summed E-state index contributed by atoms with van der Waals surface area (Å²) in [5.74, 6) is 2.43. The molecule has 4 aliphatic rings. The van der Waals surface area contributed by atoms with Gasteiger partial charge in [0.15, 0.2) is 6.61 Å². The minimum Gasteiger partial charge on any atom is -0.482 e. The van der Waals surface area contributed by atoms with Crippen molar-refractivity contribution in [2.75, 3.05) is 6.61 Å². The molecule has 0 spiro atoms. The molecule has 0 aromatic heterocycles. The van der Waals surface area contributed by atoms with Crippen LogP contribution < -0.4 is 4.74 Å². The maximum atomic E-state index is 10.9. The maximum absolute atomic E-state index is 10.9. The number of rotatable bonds is 4. The molecule has 0 heterocycles. The molecular weight excluding hydrogens is 344 g/mol. The molecule has 0 radical (unpaired) electrons. The Balaban J connectivity index is 1.71. The SMILES string of the molecule is O=C(O)COc1ccc(Br)cc1C12CC3CC(CC(C3)C1)C2. The van der Waals surface area contributed by atoms with Crippen LogP contribution >= 0.6 is 15.9 Å². The highest BCUT2D eigenvalue weighted by atomic mass is 79.9. The summed E-state index contributed by atoms with van der Waals surface area (Å²) < 4.78 is 6.68. The molecule has 4 fully saturated rings. The number of hydrogen-bond acceptors (Lipinski definition) is 2. The molecule has 0 saturated heterocycles. The molecular formula is C18H21BrO3.